The summed E-state index contributed by atoms with van der Waals surface area (Å²) in [5.74, 6) is 0.880. The molecule has 0 fully saturated rings. The van der Waals surface area contributed by atoms with Crippen LogP contribution in [0.2, 0.25) is 0 Å². The van der Waals surface area contributed by atoms with Crippen molar-refractivity contribution < 1.29 is 4.74 Å². The van der Waals surface area contributed by atoms with Crippen molar-refractivity contribution in [3.63, 3.8) is 0 Å². The Hall–Kier alpha value is -1.81. The van der Waals surface area contributed by atoms with E-state index in [1.165, 1.54) is 5.56 Å². The van der Waals surface area contributed by atoms with Gasteiger partial charge in [0.25, 0.3) is 0 Å². The summed E-state index contributed by atoms with van der Waals surface area (Å²) in [5.41, 5.74) is 2.24. The smallest absolute Gasteiger partial charge is 0.119 e. The summed E-state index contributed by atoms with van der Waals surface area (Å²) in [6, 6.07) is 10.1. The third-order valence-corrected chi connectivity index (χ3v) is 2.53. The molecule has 1 aromatic carbocycles. The second-order valence-corrected chi connectivity index (χ2v) is 3.89. The van der Waals surface area contributed by atoms with Crippen LogP contribution in [0, 0.1) is 0 Å². The second kappa shape index (κ2) is 5.50. The maximum absolute atomic E-state index is 5.20. The quantitative estimate of drug-likeness (QED) is 0.850. The highest BCUT2D eigenvalue weighted by molar-refractivity contribution is 5.28. The summed E-state index contributed by atoms with van der Waals surface area (Å²) in [5, 5.41) is 7.55. The van der Waals surface area contributed by atoms with Gasteiger partial charge in [0.05, 0.1) is 19.3 Å². The van der Waals surface area contributed by atoms with Crippen LogP contribution in [0.4, 0.5) is 0 Å². The van der Waals surface area contributed by atoms with Crippen molar-refractivity contribution in [2.24, 2.45) is 0 Å². The van der Waals surface area contributed by atoms with Crippen LogP contribution in [0.25, 0.3) is 0 Å². The van der Waals surface area contributed by atoms with E-state index in [0.717, 1.165) is 24.5 Å². The van der Waals surface area contributed by atoms with E-state index in [9.17, 15) is 0 Å². The highest BCUT2D eigenvalue weighted by Gasteiger charge is 2.00. The summed E-state index contributed by atoms with van der Waals surface area (Å²) < 4.78 is 7.13. The zero-order valence-corrected chi connectivity index (χ0v) is 10.2. The largest absolute Gasteiger partial charge is 0.497 e. The number of hydrogen-bond donors (Lipinski definition) is 1. The first-order chi connectivity index (χ1) is 8.31. The van der Waals surface area contributed by atoms with Crippen molar-refractivity contribution in [1.82, 2.24) is 15.1 Å². The predicted octanol–water partition coefficient (Wildman–Crippen LogP) is 1.66. The first-order valence-electron chi connectivity index (χ1n) is 5.61. The minimum atomic E-state index is 0.765. The van der Waals surface area contributed by atoms with Crippen LogP contribution in [-0.4, -0.2) is 23.9 Å². The molecule has 0 unspecified atom stereocenters. The molecule has 4 heteroatoms. The van der Waals surface area contributed by atoms with Gasteiger partial charge in [-0.05, 0) is 30.8 Å². The molecule has 4 nitrogen and oxygen atoms in total. The maximum Gasteiger partial charge on any atom is 0.119 e. The summed E-state index contributed by atoms with van der Waals surface area (Å²) in [7, 11) is 3.60. The fraction of sp³-hybridized carbons (Fsp3) is 0.308. The summed E-state index contributed by atoms with van der Waals surface area (Å²) in [6.07, 6.45) is 1.99. The predicted molar refractivity (Wildman–Crippen MR) is 67.1 cm³/mol. The van der Waals surface area contributed by atoms with Gasteiger partial charge in [0.15, 0.2) is 0 Å². The van der Waals surface area contributed by atoms with Gasteiger partial charge in [-0.15, -0.1) is 0 Å². The minimum absolute atomic E-state index is 0.765. The average molecular weight is 231 g/mol. The number of nitrogens with zero attached hydrogens (tertiary/aromatic N) is 2. The molecule has 2 rings (SSSR count). The Labute approximate surface area is 101 Å². The van der Waals surface area contributed by atoms with Crippen LogP contribution < -0.4 is 10.1 Å². The van der Waals surface area contributed by atoms with E-state index in [1.807, 2.05) is 42.2 Å². The lowest BCUT2D eigenvalue weighted by Crippen LogP contribution is -2.07. The molecule has 17 heavy (non-hydrogen) atoms. The van der Waals surface area contributed by atoms with Gasteiger partial charge in [-0.2, -0.15) is 5.10 Å². The van der Waals surface area contributed by atoms with Gasteiger partial charge in [-0.1, -0.05) is 12.1 Å². The summed E-state index contributed by atoms with van der Waals surface area (Å²) in [6.45, 7) is 1.56. The van der Waals surface area contributed by atoms with Crippen molar-refractivity contribution in [1.29, 1.82) is 0 Å². The molecular weight excluding hydrogens is 214 g/mol. The van der Waals surface area contributed by atoms with Crippen molar-refractivity contribution >= 4 is 0 Å². The van der Waals surface area contributed by atoms with E-state index >= 15 is 0 Å². The molecule has 0 aliphatic carbocycles. The zero-order chi connectivity index (χ0) is 12.1. The molecule has 0 saturated carbocycles. The van der Waals surface area contributed by atoms with E-state index in [-0.39, 0.29) is 0 Å². The molecule has 0 saturated heterocycles. The number of benzene rings is 1. The maximum atomic E-state index is 5.20. The molecule has 1 aromatic heterocycles. The molecule has 0 aliphatic heterocycles. The van der Waals surface area contributed by atoms with Crippen LogP contribution >= 0.6 is 0 Å². The summed E-state index contributed by atoms with van der Waals surface area (Å²) in [4.78, 5) is 0. The van der Waals surface area contributed by atoms with E-state index in [4.69, 9.17) is 4.74 Å². The number of nitrogens with one attached hydrogen (secondary N) is 1. The summed E-state index contributed by atoms with van der Waals surface area (Å²) >= 11 is 0. The molecule has 1 N–H and O–H groups in total. The topological polar surface area (TPSA) is 39.1 Å². The Morgan fingerprint density at radius 2 is 2.24 bits per heavy atom. The van der Waals surface area contributed by atoms with Gasteiger partial charge in [0.2, 0.25) is 0 Å². The van der Waals surface area contributed by atoms with Gasteiger partial charge >= 0.3 is 0 Å². The number of ether oxygens (including phenoxy) is 1. The Morgan fingerprint density at radius 3 is 3.00 bits per heavy atom. The van der Waals surface area contributed by atoms with Crippen molar-refractivity contribution in [3.05, 3.63) is 47.8 Å². The molecule has 0 spiro atoms. The van der Waals surface area contributed by atoms with Crippen molar-refractivity contribution in [2.45, 2.75) is 13.1 Å². The molecule has 1 heterocycles. The minimum Gasteiger partial charge on any atom is -0.497 e. The molecule has 0 aliphatic rings. The van der Waals surface area contributed by atoms with E-state index < -0.39 is 0 Å². The molecule has 2 aromatic rings. The average Bonchev–Trinajstić information content (AvgIpc) is 2.77. The second-order valence-electron chi connectivity index (χ2n) is 3.89. The van der Waals surface area contributed by atoms with Crippen molar-refractivity contribution in [3.8, 4) is 5.75 Å². The fourth-order valence-electron chi connectivity index (χ4n) is 1.73. The van der Waals surface area contributed by atoms with Crippen LogP contribution in [0.3, 0.4) is 0 Å². The lowest BCUT2D eigenvalue weighted by molar-refractivity contribution is 0.414. The first kappa shape index (κ1) is 11.7. The van der Waals surface area contributed by atoms with Crippen LogP contribution in [0.15, 0.2) is 36.5 Å². The van der Waals surface area contributed by atoms with Gasteiger partial charge in [0, 0.05) is 12.7 Å². The van der Waals surface area contributed by atoms with E-state index in [2.05, 4.69) is 16.5 Å². The molecule has 0 amide bonds. The third-order valence-electron chi connectivity index (χ3n) is 2.53. The van der Waals surface area contributed by atoms with Gasteiger partial charge in [-0.3, -0.25) is 4.68 Å². The Balaban J connectivity index is 2.08. The highest BCUT2D eigenvalue weighted by atomic mass is 16.5. The van der Waals surface area contributed by atoms with Crippen LogP contribution in [0.1, 0.15) is 11.3 Å². The number of aromatic nitrogens is 2. The first-order valence-corrected chi connectivity index (χ1v) is 5.61. The lowest BCUT2D eigenvalue weighted by atomic mass is 10.2. The Bertz CT molecular complexity index is 479. The highest BCUT2D eigenvalue weighted by Crippen LogP contribution is 2.13. The van der Waals surface area contributed by atoms with Gasteiger partial charge in [0.1, 0.15) is 5.75 Å². The normalized spacial score (nSPS) is 10.5. The van der Waals surface area contributed by atoms with Crippen LogP contribution in [-0.2, 0) is 13.1 Å². The molecule has 90 valence electrons. The Kier molecular flexibility index (Phi) is 3.77. The van der Waals surface area contributed by atoms with Crippen molar-refractivity contribution in [2.75, 3.05) is 14.2 Å². The number of methoxy groups -OCH3 is 1. The number of hydrogen-bond acceptors (Lipinski definition) is 3. The third kappa shape index (κ3) is 3.07. The van der Waals surface area contributed by atoms with Crippen LogP contribution in [0.5, 0.6) is 5.75 Å². The SMILES string of the molecule is CNCc1ccn(Cc2cccc(OC)c2)n1. The van der Waals surface area contributed by atoms with Gasteiger partial charge in [-0.25, -0.2) is 0 Å². The zero-order valence-electron chi connectivity index (χ0n) is 10.2. The standard InChI is InChI=1S/C13H17N3O/c1-14-9-12-6-7-16(15-12)10-11-4-3-5-13(8-11)17-2/h3-8,14H,9-10H2,1-2H3. The molecule has 0 bridgehead atoms. The monoisotopic (exact) mass is 231 g/mol. The Morgan fingerprint density at radius 1 is 1.35 bits per heavy atom. The van der Waals surface area contributed by atoms with E-state index in [0.29, 0.717) is 0 Å². The fourth-order valence-corrected chi connectivity index (χ4v) is 1.73. The lowest BCUT2D eigenvalue weighted by Gasteiger charge is -2.04. The van der Waals surface area contributed by atoms with Gasteiger partial charge < -0.3 is 10.1 Å². The number of rotatable bonds is 5. The molecular formula is C13H17N3O. The molecule has 0 atom stereocenters. The van der Waals surface area contributed by atoms with E-state index in [1.54, 1.807) is 7.11 Å². The molecule has 0 radical (unpaired) electrons.